The molecule has 16 heavy (non-hydrogen) atoms. The first kappa shape index (κ1) is 11.7. The normalized spacial score (nSPS) is 26.8. The maximum absolute atomic E-state index is 5.76. The highest BCUT2D eigenvalue weighted by atomic mass is 16.5. The largest absolute Gasteiger partial charge is 0.376 e. The van der Waals surface area contributed by atoms with Crippen molar-refractivity contribution in [3.63, 3.8) is 0 Å². The lowest BCUT2D eigenvalue weighted by Crippen LogP contribution is -2.44. The first-order valence-electron chi connectivity index (χ1n) is 6.22. The quantitative estimate of drug-likeness (QED) is 0.502. The van der Waals surface area contributed by atoms with E-state index in [1.54, 1.807) is 0 Å². The minimum atomic E-state index is 0.288. The summed E-state index contributed by atoms with van der Waals surface area (Å²) in [6.45, 7) is 5.99. The number of nitrogens with zero attached hydrogens (tertiary/aromatic N) is 2. The molecule has 0 aromatic heterocycles. The number of aliphatic imine (C=N–C) groups is 1. The molecule has 0 amide bonds. The van der Waals surface area contributed by atoms with Crippen molar-refractivity contribution in [2.24, 2.45) is 10.7 Å². The fourth-order valence-corrected chi connectivity index (χ4v) is 1.99. The topological polar surface area (TPSA) is 62.9 Å². The van der Waals surface area contributed by atoms with Crippen molar-refractivity contribution in [3.8, 4) is 0 Å². The zero-order chi connectivity index (χ0) is 11.2. The first-order valence-corrected chi connectivity index (χ1v) is 6.22. The van der Waals surface area contributed by atoms with Gasteiger partial charge in [0.1, 0.15) is 0 Å². The number of guanidine groups is 1. The molecule has 0 saturated carbocycles. The summed E-state index contributed by atoms with van der Waals surface area (Å²) < 4.78 is 5.47. The van der Waals surface area contributed by atoms with E-state index in [2.05, 4.69) is 15.2 Å². The summed E-state index contributed by atoms with van der Waals surface area (Å²) in [5, 5.41) is 3.14. The zero-order valence-electron chi connectivity index (χ0n) is 9.82. The van der Waals surface area contributed by atoms with Crippen molar-refractivity contribution in [1.82, 2.24) is 10.2 Å². The van der Waals surface area contributed by atoms with Crippen molar-refractivity contribution in [2.45, 2.75) is 25.4 Å². The van der Waals surface area contributed by atoms with Crippen LogP contribution in [0.4, 0.5) is 0 Å². The van der Waals surface area contributed by atoms with Crippen LogP contribution in [0.25, 0.3) is 0 Å². The van der Waals surface area contributed by atoms with Crippen LogP contribution in [0, 0.1) is 0 Å². The van der Waals surface area contributed by atoms with Crippen molar-refractivity contribution >= 4 is 5.96 Å². The Kier molecular flexibility index (Phi) is 4.42. The second-order valence-electron chi connectivity index (χ2n) is 4.48. The Labute approximate surface area is 97.0 Å². The Morgan fingerprint density at radius 1 is 1.44 bits per heavy atom. The van der Waals surface area contributed by atoms with E-state index in [-0.39, 0.29) is 6.10 Å². The molecule has 92 valence electrons. The highest BCUT2D eigenvalue weighted by Gasteiger charge is 2.15. The Morgan fingerprint density at radius 3 is 2.94 bits per heavy atom. The molecule has 2 fully saturated rings. The van der Waals surface area contributed by atoms with Crippen molar-refractivity contribution in [3.05, 3.63) is 0 Å². The van der Waals surface area contributed by atoms with Crippen LogP contribution in [-0.2, 0) is 4.74 Å². The summed E-state index contributed by atoms with van der Waals surface area (Å²) in [5.41, 5.74) is 5.76. The maximum atomic E-state index is 5.76. The van der Waals surface area contributed by atoms with E-state index in [0.717, 1.165) is 32.5 Å². The monoisotopic (exact) mass is 226 g/mol. The molecule has 5 heteroatoms. The van der Waals surface area contributed by atoms with E-state index in [4.69, 9.17) is 10.5 Å². The molecule has 0 radical (unpaired) electrons. The third-order valence-corrected chi connectivity index (χ3v) is 3.17. The second-order valence-corrected chi connectivity index (χ2v) is 4.48. The highest BCUT2D eigenvalue weighted by Crippen LogP contribution is 2.11. The molecule has 2 saturated heterocycles. The van der Waals surface area contributed by atoms with E-state index < -0.39 is 0 Å². The maximum Gasteiger partial charge on any atom is 0.188 e. The fraction of sp³-hybridized carbons (Fsp3) is 0.909. The molecular weight excluding hydrogens is 204 g/mol. The van der Waals surface area contributed by atoms with Crippen LogP contribution >= 0.6 is 0 Å². The molecule has 0 spiro atoms. The molecule has 1 unspecified atom stereocenters. The van der Waals surface area contributed by atoms with Gasteiger partial charge in [0, 0.05) is 19.7 Å². The lowest BCUT2D eigenvalue weighted by molar-refractivity contribution is 0.117. The van der Waals surface area contributed by atoms with Crippen LogP contribution in [0.1, 0.15) is 19.3 Å². The average Bonchev–Trinajstić information content (AvgIpc) is 2.71. The Morgan fingerprint density at radius 2 is 2.31 bits per heavy atom. The summed E-state index contributed by atoms with van der Waals surface area (Å²) in [7, 11) is 0. The van der Waals surface area contributed by atoms with Crippen LogP contribution in [0.5, 0.6) is 0 Å². The van der Waals surface area contributed by atoms with Crippen LogP contribution in [-0.4, -0.2) is 56.3 Å². The Balaban J connectivity index is 1.54. The lowest BCUT2D eigenvalue weighted by Gasteiger charge is -2.30. The third-order valence-electron chi connectivity index (χ3n) is 3.17. The minimum Gasteiger partial charge on any atom is -0.376 e. The number of ether oxygens (including phenoxy) is 1. The van der Waals surface area contributed by atoms with Crippen LogP contribution in [0.3, 0.4) is 0 Å². The van der Waals surface area contributed by atoms with Crippen LogP contribution in [0.15, 0.2) is 4.99 Å². The minimum absolute atomic E-state index is 0.288. The van der Waals surface area contributed by atoms with Crippen LogP contribution in [0.2, 0.25) is 0 Å². The molecule has 2 heterocycles. The molecule has 1 atom stereocenters. The molecule has 5 nitrogen and oxygen atoms in total. The number of hydrogen-bond donors (Lipinski definition) is 2. The van der Waals surface area contributed by atoms with E-state index >= 15 is 0 Å². The van der Waals surface area contributed by atoms with E-state index in [1.807, 2.05) is 0 Å². The molecule has 0 bridgehead atoms. The predicted molar refractivity (Wildman–Crippen MR) is 64.5 cm³/mol. The number of hydrogen-bond acceptors (Lipinski definition) is 3. The highest BCUT2D eigenvalue weighted by molar-refractivity contribution is 5.77. The number of nitrogens with one attached hydrogen (secondary N) is 1. The van der Waals surface area contributed by atoms with Gasteiger partial charge in [-0.15, -0.1) is 0 Å². The van der Waals surface area contributed by atoms with Crippen molar-refractivity contribution in [1.29, 1.82) is 0 Å². The summed E-state index contributed by atoms with van der Waals surface area (Å²) in [5.74, 6) is 0.552. The number of rotatable bonds is 5. The van der Waals surface area contributed by atoms with Gasteiger partial charge in [-0.05, 0) is 32.4 Å². The Hall–Kier alpha value is -0.810. The van der Waals surface area contributed by atoms with Gasteiger partial charge in [-0.25, -0.2) is 0 Å². The molecule has 2 aliphatic heterocycles. The molecule has 3 N–H and O–H groups in total. The van der Waals surface area contributed by atoms with E-state index in [0.29, 0.717) is 12.5 Å². The van der Waals surface area contributed by atoms with Crippen LogP contribution < -0.4 is 11.1 Å². The van der Waals surface area contributed by atoms with Gasteiger partial charge in [0.25, 0.3) is 0 Å². The third kappa shape index (κ3) is 3.64. The van der Waals surface area contributed by atoms with Gasteiger partial charge < -0.3 is 20.7 Å². The lowest BCUT2D eigenvalue weighted by atomic mass is 10.2. The SMILES string of the molecule is NC(=NCC1CCCO1)NCCN1CCC1. The smallest absolute Gasteiger partial charge is 0.188 e. The molecule has 2 rings (SSSR count). The number of nitrogens with two attached hydrogens (primary N) is 1. The summed E-state index contributed by atoms with van der Waals surface area (Å²) in [6.07, 6.45) is 3.89. The molecule has 2 aliphatic rings. The first-order chi connectivity index (χ1) is 7.84. The van der Waals surface area contributed by atoms with Crippen molar-refractivity contribution < 1.29 is 4.74 Å². The fourth-order valence-electron chi connectivity index (χ4n) is 1.99. The average molecular weight is 226 g/mol. The molecule has 0 aliphatic carbocycles. The van der Waals surface area contributed by atoms with Gasteiger partial charge in [0.2, 0.25) is 0 Å². The number of likely N-dealkylation sites (tertiary alicyclic amines) is 1. The predicted octanol–water partition coefficient (Wildman–Crippen LogP) is -0.225. The summed E-state index contributed by atoms with van der Waals surface area (Å²) in [6, 6.07) is 0. The van der Waals surface area contributed by atoms with Gasteiger partial charge in [-0.2, -0.15) is 0 Å². The second kappa shape index (κ2) is 6.06. The van der Waals surface area contributed by atoms with Gasteiger partial charge in [-0.3, -0.25) is 4.99 Å². The van der Waals surface area contributed by atoms with Gasteiger partial charge in [-0.1, -0.05) is 0 Å². The summed E-state index contributed by atoms with van der Waals surface area (Å²) in [4.78, 5) is 6.69. The van der Waals surface area contributed by atoms with E-state index in [9.17, 15) is 0 Å². The zero-order valence-corrected chi connectivity index (χ0v) is 9.82. The van der Waals surface area contributed by atoms with E-state index in [1.165, 1.54) is 19.5 Å². The Bertz CT molecular complexity index is 234. The van der Waals surface area contributed by atoms with Gasteiger partial charge >= 0.3 is 0 Å². The molecule has 0 aromatic carbocycles. The summed E-state index contributed by atoms with van der Waals surface area (Å²) >= 11 is 0. The molecular formula is C11H22N4O. The molecule has 0 aromatic rings. The van der Waals surface area contributed by atoms with Gasteiger partial charge in [0.05, 0.1) is 12.6 Å². The standard InChI is InChI=1S/C11H22N4O/c12-11(13-4-7-15-5-2-6-15)14-9-10-3-1-8-16-10/h10H,1-9H2,(H3,12,13,14). The van der Waals surface area contributed by atoms with Crippen molar-refractivity contribution in [2.75, 3.05) is 39.3 Å². The van der Waals surface area contributed by atoms with Gasteiger partial charge in [0.15, 0.2) is 5.96 Å².